The van der Waals surface area contributed by atoms with Crippen molar-refractivity contribution in [3.05, 3.63) is 17.2 Å². The molecule has 138 valence electrons. The molecule has 3 rings (SSSR count). The molecule has 0 radical (unpaired) electrons. The van der Waals surface area contributed by atoms with Crippen molar-refractivity contribution in [2.75, 3.05) is 19.6 Å². The monoisotopic (exact) mass is 346 g/mol. The highest BCUT2D eigenvalue weighted by molar-refractivity contribution is 5.97. The molecule has 6 nitrogen and oxygen atoms in total. The van der Waals surface area contributed by atoms with Crippen LogP contribution in [0.2, 0.25) is 0 Å². The third-order valence-corrected chi connectivity index (χ3v) is 5.09. The second-order valence-electron chi connectivity index (χ2n) is 7.65. The van der Waals surface area contributed by atoms with Gasteiger partial charge in [-0.05, 0) is 38.0 Å². The Morgan fingerprint density at radius 1 is 1.04 bits per heavy atom. The van der Waals surface area contributed by atoms with Gasteiger partial charge in [0.05, 0.1) is 5.69 Å². The summed E-state index contributed by atoms with van der Waals surface area (Å²) in [6, 6.07) is 0. The Kier molecular flexibility index (Phi) is 5.76. The summed E-state index contributed by atoms with van der Waals surface area (Å²) in [5.41, 5.74) is 1.46. The minimum atomic E-state index is -0.160. The van der Waals surface area contributed by atoms with Crippen molar-refractivity contribution in [2.45, 2.75) is 65.3 Å². The van der Waals surface area contributed by atoms with E-state index in [2.05, 4.69) is 24.1 Å². The van der Waals surface area contributed by atoms with E-state index in [0.29, 0.717) is 24.0 Å². The van der Waals surface area contributed by atoms with Crippen LogP contribution in [0.5, 0.6) is 0 Å². The molecule has 6 heteroatoms. The van der Waals surface area contributed by atoms with Crippen LogP contribution in [0.15, 0.2) is 0 Å². The van der Waals surface area contributed by atoms with Gasteiger partial charge in [0.25, 0.3) is 11.8 Å². The number of carbonyl (C=O) groups excluding carboxylic acids is 2. The average molecular weight is 346 g/mol. The van der Waals surface area contributed by atoms with E-state index in [1.165, 1.54) is 12.8 Å². The summed E-state index contributed by atoms with van der Waals surface area (Å²) in [7, 11) is 0. The number of nitrogens with one attached hydrogen (secondary N) is 1. The summed E-state index contributed by atoms with van der Waals surface area (Å²) in [5.74, 6) is 0.647. The molecule has 0 aliphatic carbocycles. The number of nitrogens with zero attached hydrogens (tertiary/aromatic N) is 3. The molecular formula is C19H30N4O2. The number of hydrogen-bond acceptors (Lipinski definition) is 3. The molecule has 0 spiro atoms. The molecule has 3 heterocycles. The van der Waals surface area contributed by atoms with Crippen LogP contribution in [-0.2, 0) is 13.0 Å². The van der Waals surface area contributed by atoms with Crippen LogP contribution < -0.4 is 5.32 Å². The number of likely N-dealkylation sites (tertiary alicyclic amines) is 1. The molecule has 1 N–H and O–H groups in total. The largest absolute Gasteiger partial charge is 0.349 e. The predicted molar refractivity (Wildman–Crippen MR) is 96.7 cm³/mol. The Labute approximate surface area is 150 Å². The minimum absolute atomic E-state index is 0.00968. The molecule has 1 aromatic rings. The van der Waals surface area contributed by atoms with Gasteiger partial charge >= 0.3 is 0 Å². The van der Waals surface area contributed by atoms with Crippen LogP contribution in [-0.4, -0.2) is 45.9 Å². The zero-order valence-corrected chi connectivity index (χ0v) is 15.5. The summed E-state index contributed by atoms with van der Waals surface area (Å²) in [5, 5.41) is 2.94. The fourth-order valence-electron chi connectivity index (χ4n) is 3.69. The van der Waals surface area contributed by atoms with Gasteiger partial charge in [-0.1, -0.05) is 26.7 Å². The van der Waals surface area contributed by atoms with Crippen LogP contribution in [0.25, 0.3) is 0 Å². The van der Waals surface area contributed by atoms with E-state index in [4.69, 9.17) is 0 Å². The van der Waals surface area contributed by atoms with Crippen LogP contribution in [0.3, 0.4) is 0 Å². The summed E-state index contributed by atoms with van der Waals surface area (Å²) >= 11 is 0. The molecule has 1 aromatic heterocycles. The quantitative estimate of drug-likeness (QED) is 0.911. The first-order chi connectivity index (χ1) is 12.1. The summed E-state index contributed by atoms with van der Waals surface area (Å²) in [6.07, 6.45) is 7.42. The first-order valence-corrected chi connectivity index (χ1v) is 9.75. The Hall–Kier alpha value is -1.85. The Bertz CT molecular complexity index is 628. The number of carbonyl (C=O) groups is 2. The van der Waals surface area contributed by atoms with Gasteiger partial charge in [0.15, 0.2) is 5.82 Å². The molecular weight excluding hydrogens is 316 g/mol. The first kappa shape index (κ1) is 18.0. The van der Waals surface area contributed by atoms with E-state index in [1.807, 2.05) is 9.47 Å². The third kappa shape index (κ3) is 4.05. The van der Waals surface area contributed by atoms with Crippen molar-refractivity contribution in [2.24, 2.45) is 5.92 Å². The standard InChI is InChI=1S/C19H30N4O2/c1-14(2)13-20-18(24)17-21-16(15-9-5-8-12-23(15)17)19(25)22-10-6-3-4-7-11-22/h14H,3-13H2,1-2H3,(H,20,24). The van der Waals surface area contributed by atoms with Crippen LogP contribution >= 0.6 is 0 Å². The van der Waals surface area contributed by atoms with Gasteiger partial charge in [-0.15, -0.1) is 0 Å². The third-order valence-electron chi connectivity index (χ3n) is 5.09. The van der Waals surface area contributed by atoms with Crippen molar-refractivity contribution in [3.63, 3.8) is 0 Å². The van der Waals surface area contributed by atoms with Crippen molar-refractivity contribution in [1.29, 1.82) is 0 Å². The van der Waals surface area contributed by atoms with Gasteiger partial charge < -0.3 is 14.8 Å². The van der Waals surface area contributed by atoms with Gasteiger partial charge in [0.2, 0.25) is 0 Å². The fourth-order valence-corrected chi connectivity index (χ4v) is 3.69. The van der Waals surface area contributed by atoms with Crippen LogP contribution in [0.4, 0.5) is 0 Å². The molecule has 1 saturated heterocycles. The van der Waals surface area contributed by atoms with Gasteiger partial charge in [-0.25, -0.2) is 4.98 Å². The molecule has 2 aliphatic rings. The number of imidazole rings is 1. The van der Waals surface area contributed by atoms with Crippen molar-refractivity contribution >= 4 is 11.8 Å². The lowest BCUT2D eigenvalue weighted by molar-refractivity contribution is 0.0754. The number of amides is 2. The van der Waals surface area contributed by atoms with Gasteiger partial charge in [0, 0.05) is 26.2 Å². The maximum atomic E-state index is 13.0. The van der Waals surface area contributed by atoms with Crippen molar-refractivity contribution < 1.29 is 9.59 Å². The Morgan fingerprint density at radius 3 is 2.40 bits per heavy atom. The number of aromatic nitrogens is 2. The summed E-state index contributed by atoms with van der Waals surface area (Å²) in [6.45, 7) is 7.14. The molecule has 0 atom stereocenters. The molecule has 2 aliphatic heterocycles. The molecule has 0 saturated carbocycles. The zero-order valence-electron chi connectivity index (χ0n) is 15.5. The number of rotatable bonds is 4. The van der Waals surface area contributed by atoms with E-state index in [-0.39, 0.29) is 11.8 Å². The highest BCUT2D eigenvalue weighted by Crippen LogP contribution is 2.23. The first-order valence-electron chi connectivity index (χ1n) is 9.75. The lowest BCUT2D eigenvalue weighted by atomic mass is 10.1. The van der Waals surface area contributed by atoms with E-state index >= 15 is 0 Å². The minimum Gasteiger partial charge on any atom is -0.349 e. The van der Waals surface area contributed by atoms with E-state index in [9.17, 15) is 9.59 Å². The highest BCUT2D eigenvalue weighted by Gasteiger charge is 2.30. The Balaban J connectivity index is 1.86. The van der Waals surface area contributed by atoms with Gasteiger partial charge in [-0.2, -0.15) is 0 Å². The van der Waals surface area contributed by atoms with Crippen molar-refractivity contribution in [1.82, 2.24) is 19.8 Å². The van der Waals surface area contributed by atoms with E-state index < -0.39 is 0 Å². The second-order valence-corrected chi connectivity index (χ2v) is 7.65. The van der Waals surface area contributed by atoms with E-state index in [0.717, 1.165) is 57.4 Å². The fraction of sp³-hybridized carbons (Fsp3) is 0.737. The molecule has 1 fully saturated rings. The maximum absolute atomic E-state index is 13.0. The molecule has 0 unspecified atom stereocenters. The molecule has 0 aromatic carbocycles. The van der Waals surface area contributed by atoms with Crippen LogP contribution in [0, 0.1) is 5.92 Å². The topological polar surface area (TPSA) is 67.2 Å². The number of fused-ring (bicyclic) bond motifs is 1. The van der Waals surface area contributed by atoms with Crippen molar-refractivity contribution in [3.8, 4) is 0 Å². The summed E-state index contributed by atoms with van der Waals surface area (Å²) in [4.78, 5) is 32.1. The molecule has 0 bridgehead atoms. The van der Waals surface area contributed by atoms with E-state index in [1.54, 1.807) is 0 Å². The summed E-state index contributed by atoms with van der Waals surface area (Å²) < 4.78 is 1.98. The molecule has 2 amide bonds. The zero-order chi connectivity index (χ0) is 17.8. The van der Waals surface area contributed by atoms with Gasteiger partial charge in [0.1, 0.15) is 5.69 Å². The Morgan fingerprint density at radius 2 is 1.72 bits per heavy atom. The second kappa shape index (κ2) is 8.02. The predicted octanol–water partition coefficient (Wildman–Crippen LogP) is 2.62. The lowest BCUT2D eigenvalue weighted by Gasteiger charge is -2.21. The normalized spacial score (nSPS) is 18.0. The number of hydrogen-bond donors (Lipinski definition) is 1. The lowest BCUT2D eigenvalue weighted by Crippen LogP contribution is -2.33. The molecule has 25 heavy (non-hydrogen) atoms. The maximum Gasteiger partial charge on any atom is 0.287 e. The SMILES string of the molecule is CC(C)CNC(=O)c1nc(C(=O)N2CCCCCC2)c2n1CCCC2. The van der Waals surface area contributed by atoms with Crippen LogP contribution in [0.1, 0.15) is 79.2 Å². The smallest absolute Gasteiger partial charge is 0.287 e. The highest BCUT2D eigenvalue weighted by atomic mass is 16.2. The average Bonchev–Trinajstić information content (AvgIpc) is 2.79. The van der Waals surface area contributed by atoms with Gasteiger partial charge in [-0.3, -0.25) is 9.59 Å².